The maximum absolute atomic E-state index is 11.5. The molecule has 0 atom stereocenters. The monoisotopic (exact) mass is 359 g/mol. The Morgan fingerprint density at radius 2 is 2.04 bits per heavy atom. The Hall–Kier alpha value is -3.13. The van der Waals surface area contributed by atoms with Gasteiger partial charge in [0.1, 0.15) is 6.61 Å². The molecule has 0 saturated carbocycles. The van der Waals surface area contributed by atoms with Crippen LogP contribution in [0.25, 0.3) is 0 Å². The van der Waals surface area contributed by atoms with Crippen molar-refractivity contribution in [3.63, 3.8) is 0 Å². The zero-order valence-corrected chi connectivity index (χ0v) is 14.6. The fourth-order valence-corrected chi connectivity index (χ4v) is 2.19. The van der Waals surface area contributed by atoms with Crippen molar-refractivity contribution in [3.8, 4) is 11.5 Å². The fraction of sp³-hybridized carbons (Fsp3) is 0.278. The smallest absolute Gasteiger partial charge is 0.315 e. The number of aryl methyl sites for hydroxylation is 1. The van der Waals surface area contributed by atoms with E-state index in [0.717, 1.165) is 11.1 Å². The molecule has 0 aromatic heterocycles. The molecule has 0 radical (unpaired) electrons. The van der Waals surface area contributed by atoms with Gasteiger partial charge in [0.2, 0.25) is 5.75 Å². The number of nitrogens with one attached hydrogen (secondary N) is 1. The number of rotatable bonds is 9. The summed E-state index contributed by atoms with van der Waals surface area (Å²) in [5, 5.41) is 24.0. The molecule has 0 aliphatic heterocycles. The van der Waals surface area contributed by atoms with Gasteiger partial charge in [0.05, 0.1) is 31.4 Å². The number of hydrogen-bond acceptors (Lipinski definition) is 7. The van der Waals surface area contributed by atoms with Gasteiger partial charge in [0.15, 0.2) is 5.75 Å². The lowest BCUT2D eigenvalue weighted by molar-refractivity contribution is -0.386. The van der Waals surface area contributed by atoms with Crippen LogP contribution in [-0.4, -0.2) is 36.5 Å². The van der Waals surface area contributed by atoms with Crippen molar-refractivity contribution in [2.75, 3.05) is 20.3 Å². The molecule has 0 aliphatic rings. The van der Waals surface area contributed by atoms with Gasteiger partial charge < -0.3 is 20.0 Å². The highest BCUT2D eigenvalue weighted by molar-refractivity contribution is 5.83. The van der Waals surface area contributed by atoms with Crippen molar-refractivity contribution in [2.24, 2.45) is 5.10 Å². The predicted octanol–water partition coefficient (Wildman–Crippen LogP) is 2.41. The highest BCUT2D eigenvalue weighted by Crippen LogP contribution is 2.38. The summed E-state index contributed by atoms with van der Waals surface area (Å²) < 4.78 is 10.9. The lowest BCUT2D eigenvalue weighted by Crippen LogP contribution is -2.11. The number of aliphatic hydroxyl groups is 1. The van der Waals surface area contributed by atoms with Gasteiger partial charge in [-0.25, -0.2) is 0 Å². The molecule has 0 amide bonds. The first-order chi connectivity index (χ1) is 12.5. The average molecular weight is 359 g/mol. The molecular formula is C18H21N3O5. The molecule has 0 heterocycles. The number of benzene rings is 2. The van der Waals surface area contributed by atoms with Crippen LogP contribution in [0.15, 0.2) is 41.5 Å². The van der Waals surface area contributed by atoms with Gasteiger partial charge in [-0.3, -0.25) is 10.1 Å². The summed E-state index contributed by atoms with van der Waals surface area (Å²) in [6.45, 7) is 2.39. The maximum atomic E-state index is 11.5. The molecule has 8 heteroatoms. The van der Waals surface area contributed by atoms with E-state index < -0.39 is 4.92 Å². The number of ether oxygens (including phenoxy) is 2. The highest BCUT2D eigenvalue weighted by atomic mass is 16.6. The summed E-state index contributed by atoms with van der Waals surface area (Å²) in [5.41, 5.74) is 4.89. The molecule has 0 fully saturated rings. The van der Waals surface area contributed by atoms with Crippen LogP contribution in [0.3, 0.4) is 0 Å². The minimum atomic E-state index is -0.522. The molecule has 26 heavy (non-hydrogen) atoms. The minimum Gasteiger partial charge on any atom is -0.493 e. The molecule has 0 unspecified atom stereocenters. The van der Waals surface area contributed by atoms with Crippen LogP contribution in [0.4, 0.5) is 5.69 Å². The van der Waals surface area contributed by atoms with Crippen molar-refractivity contribution in [3.05, 3.63) is 63.2 Å². The molecule has 2 rings (SSSR count). The third-order valence-electron chi connectivity index (χ3n) is 3.51. The lowest BCUT2D eigenvalue weighted by Gasteiger charge is -2.12. The third kappa shape index (κ3) is 5.18. The lowest BCUT2D eigenvalue weighted by atomic mass is 10.1. The first kappa shape index (κ1) is 19.2. The Labute approximate surface area is 151 Å². The Morgan fingerprint density at radius 3 is 2.65 bits per heavy atom. The van der Waals surface area contributed by atoms with Crippen LogP contribution in [0.5, 0.6) is 11.5 Å². The average Bonchev–Trinajstić information content (AvgIpc) is 2.64. The molecular weight excluding hydrogens is 338 g/mol. The first-order valence-electron chi connectivity index (χ1n) is 7.96. The van der Waals surface area contributed by atoms with Crippen molar-refractivity contribution in [1.82, 2.24) is 5.43 Å². The molecule has 2 N–H and O–H groups in total. The van der Waals surface area contributed by atoms with Crippen molar-refractivity contribution in [1.29, 1.82) is 0 Å². The molecule has 0 bridgehead atoms. The van der Waals surface area contributed by atoms with E-state index in [1.165, 1.54) is 19.4 Å². The summed E-state index contributed by atoms with van der Waals surface area (Å²) >= 11 is 0. The van der Waals surface area contributed by atoms with Crippen LogP contribution >= 0.6 is 0 Å². The van der Waals surface area contributed by atoms with Gasteiger partial charge in [-0.1, -0.05) is 29.8 Å². The first-order valence-corrected chi connectivity index (χ1v) is 7.96. The second kappa shape index (κ2) is 9.38. The van der Waals surface area contributed by atoms with Gasteiger partial charge in [-0.15, -0.1) is 0 Å². The summed E-state index contributed by atoms with van der Waals surface area (Å²) in [4.78, 5) is 10.9. The van der Waals surface area contributed by atoms with Crippen LogP contribution in [-0.2, 0) is 6.61 Å². The van der Waals surface area contributed by atoms with Crippen LogP contribution in [0, 0.1) is 17.0 Å². The molecule has 0 aliphatic carbocycles. The number of nitro groups is 1. The molecule has 8 nitrogen and oxygen atoms in total. The summed E-state index contributed by atoms with van der Waals surface area (Å²) in [6.07, 6.45) is 1.41. The van der Waals surface area contributed by atoms with E-state index >= 15 is 0 Å². The van der Waals surface area contributed by atoms with Crippen molar-refractivity contribution < 1.29 is 19.5 Å². The summed E-state index contributed by atoms with van der Waals surface area (Å²) in [7, 11) is 1.42. The van der Waals surface area contributed by atoms with Gasteiger partial charge in [0, 0.05) is 11.6 Å². The molecule has 2 aromatic rings. The number of hydrazone groups is 1. The molecule has 138 valence electrons. The van der Waals surface area contributed by atoms with Crippen LogP contribution in [0.2, 0.25) is 0 Å². The highest BCUT2D eigenvalue weighted by Gasteiger charge is 2.22. The zero-order chi connectivity index (χ0) is 18.9. The Bertz CT molecular complexity index is 775. The maximum Gasteiger partial charge on any atom is 0.315 e. The summed E-state index contributed by atoms with van der Waals surface area (Å²) in [6, 6.07) is 10.7. The Balaban J connectivity index is 2.26. The van der Waals surface area contributed by atoms with E-state index in [2.05, 4.69) is 10.5 Å². The largest absolute Gasteiger partial charge is 0.493 e. The van der Waals surface area contributed by atoms with E-state index in [4.69, 9.17) is 14.6 Å². The third-order valence-corrected chi connectivity index (χ3v) is 3.51. The predicted molar refractivity (Wildman–Crippen MR) is 97.8 cm³/mol. The fourth-order valence-electron chi connectivity index (χ4n) is 2.19. The normalized spacial score (nSPS) is 10.7. The molecule has 0 saturated heterocycles. The van der Waals surface area contributed by atoms with Crippen LogP contribution < -0.4 is 14.9 Å². The second-order valence-electron chi connectivity index (χ2n) is 5.49. The van der Waals surface area contributed by atoms with Gasteiger partial charge in [-0.05, 0) is 18.6 Å². The van der Waals surface area contributed by atoms with E-state index in [1.807, 2.05) is 31.2 Å². The van der Waals surface area contributed by atoms with E-state index in [0.29, 0.717) is 5.56 Å². The number of aliphatic hydroxyl groups excluding tert-OH is 1. The Morgan fingerprint density at radius 1 is 1.31 bits per heavy atom. The minimum absolute atomic E-state index is 0.0629. The zero-order valence-electron chi connectivity index (χ0n) is 14.6. The van der Waals surface area contributed by atoms with Gasteiger partial charge >= 0.3 is 5.69 Å². The van der Waals surface area contributed by atoms with Gasteiger partial charge in [0.25, 0.3) is 0 Å². The van der Waals surface area contributed by atoms with Crippen LogP contribution in [0.1, 0.15) is 16.7 Å². The van der Waals surface area contributed by atoms with E-state index in [9.17, 15) is 10.1 Å². The van der Waals surface area contributed by atoms with E-state index in [-0.39, 0.29) is 36.9 Å². The number of methoxy groups -OCH3 is 1. The topological polar surface area (TPSA) is 106 Å². The second-order valence-corrected chi connectivity index (χ2v) is 5.49. The SMILES string of the molecule is COc1cc(/C=N/NCCO)cc([N+](=O)[O-])c1OCc1ccc(C)cc1. The van der Waals surface area contributed by atoms with E-state index in [1.54, 1.807) is 6.07 Å². The summed E-state index contributed by atoms with van der Waals surface area (Å²) in [5.74, 6) is 0.313. The van der Waals surface area contributed by atoms with Gasteiger partial charge in [-0.2, -0.15) is 5.10 Å². The van der Waals surface area contributed by atoms with Crippen molar-refractivity contribution >= 4 is 11.9 Å². The standard InChI is InChI=1S/C18H21N3O5/c1-13-3-5-14(6-4-13)12-26-18-16(21(23)24)9-15(10-17(18)25-2)11-20-19-7-8-22/h3-6,9-11,19,22H,7-8,12H2,1-2H3/b20-11+. The number of hydrogen-bond donors (Lipinski definition) is 2. The number of nitro benzene ring substituents is 1. The molecule has 2 aromatic carbocycles. The van der Waals surface area contributed by atoms with Crippen molar-refractivity contribution in [2.45, 2.75) is 13.5 Å². The quantitative estimate of drug-likeness (QED) is 0.308. The molecule has 0 spiro atoms. The Kier molecular flexibility index (Phi) is 6.92. The number of nitrogens with zero attached hydrogens (tertiary/aromatic N) is 2.